The number of ether oxygens (including phenoxy) is 1. The molecule has 7 nitrogen and oxygen atoms in total. The summed E-state index contributed by atoms with van der Waals surface area (Å²) in [6.07, 6.45) is 3.45. The first-order chi connectivity index (χ1) is 25.2. The standard InChI is InChI=1S/C43H47N3O4S2/c1-4-36(31-51-38-16-9-6-10-17-38)44-41-24-23-39(29-32(41)2)52(48,49)45-42(47)34-19-21-37(22-20-34)46-27-25-43(50-3,26-28-46)30-35-15-11-12-18-40(35)33-13-7-5-8-14-33/h5-24,29,36,44H,4,25-28,30-31H2,1-3H3,(H,45,47)/t36-/m0/s1. The first kappa shape index (κ1) is 37.2. The zero-order valence-corrected chi connectivity index (χ0v) is 31.7. The van der Waals surface area contributed by atoms with Gasteiger partial charge in [0.1, 0.15) is 0 Å². The Kier molecular flexibility index (Phi) is 12.0. The van der Waals surface area contributed by atoms with Crippen molar-refractivity contribution in [3.8, 4) is 11.1 Å². The van der Waals surface area contributed by atoms with E-state index < -0.39 is 15.9 Å². The minimum Gasteiger partial charge on any atom is -0.381 e. The highest BCUT2D eigenvalue weighted by molar-refractivity contribution is 7.99. The summed E-state index contributed by atoms with van der Waals surface area (Å²) in [7, 11) is -2.27. The highest BCUT2D eigenvalue weighted by Crippen LogP contribution is 2.35. The molecule has 0 bridgehead atoms. The van der Waals surface area contributed by atoms with E-state index in [2.05, 4.69) is 82.5 Å². The van der Waals surface area contributed by atoms with Gasteiger partial charge >= 0.3 is 0 Å². The molecule has 5 aromatic carbocycles. The van der Waals surface area contributed by atoms with E-state index in [0.29, 0.717) is 0 Å². The van der Waals surface area contributed by atoms with Gasteiger partial charge in [0.15, 0.2) is 0 Å². The Labute approximate surface area is 312 Å². The first-order valence-electron chi connectivity index (χ1n) is 17.8. The molecular weight excluding hydrogens is 687 g/mol. The Morgan fingerprint density at radius 1 is 0.865 bits per heavy atom. The fourth-order valence-corrected chi connectivity index (χ4v) is 8.89. The summed E-state index contributed by atoms with van der Waals surface area (Å²) >= 11 is 1.79. The third kappa shape index (κ3) is 9.07. The van der Waals surface area contributed by atoms with E-state index >= 15 is 0 Å². The molecule has 1 heterocycles. The predicted molar refractivity (Wildman–Crippen MR) is 214 cm³/mol. The maximum absolute atomic E-state index is 13.3. The number of hydrogen-bond donors (Lipinski definition) is 2. The van der Waals surface area contributed by atoms with Crippen LogP contribution in [0.4, 0.5) is 11.4 Å². The van der Waals surface area contributed by atoms with Crippen molar-refractivity contribution in [2.24, 2.45) is 0 Å². The zero-order valence-electron chi connectivity index (χ0n) is 30.0. The number of methoxy groups -OCH3 is 1. The van der Waals surface area contributed by atoms with Crippen molar-refractivity contribution >= 4 is 39.1 Å². The molecule has 1 aliphatic rings. The zero-order chi connectivity index (χ0) is 36.6. The van der Waals surface area contributed by atoms with Crippen molar-refractivity contribution in [1.29, 1.82) is 0 Å². The van der Waals surface area contributed by atoms with Crippen LogP contribution >= 0.6 is 11.8 Å². The minimum atomic E-state index is -4.08. The second-order valence-corrected chi connectivity index (χ2v) is 16.2. The molecule has 0 aliphatic carbocycles. The van der Waals surface area contributed by atoms with Gasteiger partial charge in [0.2, 0.25) is 0 Å². The van der Waals surface area contributed by atoms with E-state index in [9.17, 15) is 13.2 Å². The summed E-state index contributed by atoms with van der Waals surface area (Å²) in [4.78, 5) is 16.7. The first-order valence-corrected chi connectivity index (χ1v) is 20.3. The van der Waals surface area contributed by atoms with E-state index in [1.807, 2.05) is 50.4 Å². The van der Waals surface area contributed by atoms with Gasteiger partial charge in [-0.1, -0.05) is 79.7 Å². The summed E-state index contributed by atoms with van der Waals surface area (Å²) in [5.74, 6) is 0.217. The average Bonchev–Trinajstić information content (AvgIpc) is 3.18. The molecular formula is C43H47N3O4S2. The van der Waals surface area contributed by atoms with E-state index in [1.54, 1.807) is 42.1 Å². The number of piperidine rings is 1. The van der Waals surface area contributed by atoms with Crippen LogP contribution in [-0.4, -0.2) is 51.9 Å². The molecule has 0 aromatic heterocycles. The molecule has 6 rings (SSSR count). The van der Waals surface area contributed by atoms with E-state index in [4.69, 9.17) is 4.74 Å². The predicted octanol–water partition coefficient (Wildman–Crippen LogP) is 8.99. The Hall–Kier alpha value is -4.57. The van der Waals surface area contributed by atoms with Crippen LogP contribution in [0.25, 0.3) is 11.1 Å². The number of sulfonamides is 1. The number of nitrogens with zero attached hydrogens (tertiary/aromatic N) is 1. The maximum Gasteiger partial charge on any atom is 0.264 e. The average molecular weight is 734 g/mol. The van der Waals surface area contributed by atoms with Gasteiger partial charge in [0.05, 0.1) is 10.5 Å². The lowest BCUT2D eigenvalue weighted by Crippen LogP contribution is -2.47. The molecule has 9 heteroatoms. The Bertz CT molecular complexity index is 2050. The molecule has 2 N–H and O–H groups in total. The van der Waals surface area contributed by atoms with Crippen molar-refractivity contribution in [1.82, 2.24) is 4.72 Å². The maximum atomic E-state index is 13.3. The van der Waals surface area contributed by atoms with Crippen molar-refractivity contribution in [2.75, 3.05) is 36.2 Å². The van der Waals surface area contributed by atoms with Crippen LogP contribution in [0, 0.1) is 6.92 Å². The third-order valence-electron chi connectivity index (χ3n) is 10.00. The van der Waals surface area contributed by atoms with Crippen LogP contribution in [0.2, 0.25) is 0 Å². The second kappa shape index (κ2) is 16.8. The number of benzene rings is 5. The second-order valence-electron chi connectivity index (χ2n) is 13.4. The smallest absolute Gasteiger partial charge is 0.264 e. The minimum absolute atomic E-state index is 0.0496. The van der Waals surface area contributed by atoms with Gasteiger partial charge in [-0.3, -0.25) is 4.79 Å². The molecule has 1 saturated heterocycles. The Morgan fingerprint density at radius 2 is 1.52 bits per heavy atom. The lowest BCUT2D eigenvalue weighted by atomic mass is 9.82. The topological polar surface area (TPSA) is 87.7 Å². The van der Waals surface area contributed by atoms with Gasteiger partial charge in [-0.15, -0.1) is 11.8 Å². The van der Waals surface area contributed by atoms with Crippen LogP contribution in [0.3, 0.4) is 0 Å². The normalized spacial score (nSPS) is 14.8. The quantitative estimate of drug-likeness (QED) is 0.110. The molecule has 270 valence electrons. The van der Waals surface area contributed by atoms with Crippen molar-refractivity contribution in [2.45, 2.75) is 61.0 Å². The van der Waals surface area contributed by atoms with Gasteiger partial charge in [0, 0.05) is 60.2 Å². The Balaban J connectivity index is 1.04. The van der Waals surface area contributed by atoms with E-state index in [1.165, 1.54) is 21.6 Å². The molecule has 1 atom stereocenters. The van der Waals surface area contributed by atoms with E-state index in [0.717, 1.165) is 61.5 Å². The number of anilines is 2. The van der Waals surface area contributed by atoms with Gasteiger partial charge in [-0.05, 0) is 103 Å². The number of aryl methyl sites for hydroxylation is 1. The van der Waals surface area contributed by atoms with Crippen LogP contribution in [0.15, 0.2) is 137 Å². The van der Waals surface area contributed by atoms with Crippen LogP contribution < -0.4 is 14.9 Å². The van der Waals surface area contributed by atoms with Crippen molar-refractivity contribution in [3.63, 3.8) is 0 Å². The number of amides is 1. The lowest BCUT2D eigenvalue weighted by Gasteiger charge is -2.42. The summed E-state index contributed by atoms with van der Waals surface area (Å²) in [6, 6.07) is 41.6. The van der Waals surface area contributed by atoms with Crippen LogP contribution in [0.5, 0.6) is 0 Å². The molecule has 5 aromatic rings. The number of nitrogens with one attached hydrogen (secondary N) is 2. The fraction of sp³-hybridized carbons (Fsp3) is 0.279. The molecule has 1 fully saturated rings. The summed E-state index contributed by atoms with van der Waals surface area (Å²) in [6.45, 7) is 5.61. The largest absolute Gasteiger partial charge is 0.381 e. The number of rotatable bonds is 14. The molecule has 52 heavy (non-hydrogen) atoms. The monoisotopic (exact) mass is 733 g/mol. The van der Waals surface area contributed by atoms with Crippen LogP contribution in [0.1, 0.15) is 47.7 Å². The molecule has 0 unspecified atom stereocenters. The molecule has 0 radical (unpaired) electrons. The number of carbonyl (C=O) groups excluding carboxylic acids is 1. The van der Waals surface area contributed by atoms with Gasteiger partial charge in [0.25, 0.3) is 15.9 Å². The molecule has 0 saturated carbocycles. The fourth-order valence-electron chi connectivity index (χ4n) is 6.77. The number of thioether (sulfide) groups is 1. The van der Waals surface area contributed by atoms with E-state index in [-0.39, 0.29) is 22.1 Å². The molecule has 1 aliphatic heterocycles. The van der Waals surface area contributed by atoms with Gasteiger partial charge in [-0.25, -0.2) is 13.1 Å². The van der Waals surface area contributed by atoms with Crippen molar-refractivity contribution in [3.05, 3.63) is 144 Å². The highest BCUT2D eigenvalue weighted by Gasteiger charge is 2.35. The Morgan fingerprint density at radius 3 is 2.17 bits per heavy atom. The SMILES string of the molecule is CC[C@@H](CSc1ccccc1)Nc1ccc(S(=O)(=O)NC(=O)c2ccc(N3CCC(Cc4ccccc4-c4ccccc4)(OC)CC3)cc2)cc1C. The highest BCUT2D eigenvalue weighted by atomic mass is 32.2. The summed E-state index contributed by atoms with van der Waals surface area (Å²) in [5.41, 5.74) is 6.37. The lowest BCUT2D eigenvalue weighted by molar-refractivity contribution is -0.0288. The summed E-state index contributed by atoms with van der Waals surface area (Å²) < 4.78 is 35.0. The number of carbonyl (C=O) groups is 1. The van der Waals surface area contributed by atoms with Crippen LogP contribution in [-0.2, 0) is 21.2 Å². The summed E-state index contributed by atoms with van der Waals surface area (Å²) in [5, 5.41) is 3.56. The van der Waals surface area contributed by atoms with Gasteiger partial charge < -0.3 is 15.0 Å². The van der Waals surface area contributed by atoms with Gasteiger partial charge in [-0.2, -0.15) is 0 Å². The number of hydrogen-bond acceptors (Lipinski definition) is 7. The van der Waals surface area contributed by atoms with Crippen molar-refractivity contribution < 1.29 is 17.9 Å². The molecule has 0 spiro atoms. The third-order valence-corrected chi connectivity index (χ3v) is 12.5. The molecule has 1 amide bonds.